The first-order valence-corrected chi connectivity index (χ1v) is 6.20. The Hall–Kier alpha value is -2.89. The molecule has 0 aliphatic rings. The number of fused-ring (bicyclic) bond motifs is 1. The molecule has 0 aliphatic carbocycles. The van der Waals surface area contributed by atoms with Crippen LogP contribution in [-0.2, 0) is 0 Å². The first kappa shape index (κ1) is 13.1. The molecule has 1 heterocycles. The third-order valence-electron chi connectivity index (χ3n) is 3.20. The molecule has 1 N–H and O–H groups in total. The molecule has 0 atom stereocenters. The number of nitrogens with zero attached hydrogens (tertiary/aromatic N) is 1. The maximum atomic E-state index is 13.9. The lowest BCUT2D eigenvalue weighted by Gasteiger charge is -2.10. The second kappa shape index (κ2) is 4.90. The molecule has 6 heteroatoms. The van der Waals surface area contributed by atoms with Crippen molar-refractivity contribution >= 4 is 10.9 Å². The lowest BCUT2D eigenvalue weighted by Crippen LogP contribution is -2.34. The number of ether oxygens (including phenoxy) is 1. The van der Waals surface area contributed by atoms with E-state index in [9.17, 15) is 14.0 Å². The predicted molar refractivity (Wildman–Crippen MR) is 76.7 cm³/mol. The second-order valence-corrected chi connectivity index (χ2v) is 4.40. The Morgan fingerprint density at radius 3 is 2.62 bits per heavy atom. The van der Waals surface area contributed by atoms with Crippen LogP contribution in [0.4, 0.5) is 4.39 Å². The van der Waals surface area contributed by atoms with Gasteiger partial charge >= 0.3 is 5.69 Å². The number of para-hydroxylation sites is 2. The van der Waals surface area contributed by atoms with E-state index < -0.39 is 17.1 Å². The van der Waals surface area contributed by atoms with E-state index in [1.165, 1.54) is 25.3 Å². The predicted octanol–water partition coefficient (Wildman–Crippen LogP) is 1.83. The van der Waals surface area contributed by atoms with Crippen LogP contribution in [0, 0.1) is 5.82 Å². The molecule has 0 spiro atoms. The highest BCUT2D eigenvalue weighted by molar-refractivity contribution is 5.78. The molecule has 0 bridgehead atoms. The summed E-state index contributed by atoms with van der Waals surface area (Å²) in [6.45, 7) is 0. The summed E-state index contributed by atoms with van der Waals surface area (Å²) in [6.07, 6.45) is 0. The van der Waals surface area contributed by atoms with Crippen LogP contribution in [0.25, 0.3) is 16.6 Å². The number of halogens is 1. The van der Waals surface area contributed by atoms with Gasteiger partial charge in [0.15, 0.2) is 0 Å². The number of benzene rings is 2. The minimum atomic E-state index is -0.726. The van der Waals surface area contributed by atoms with Crippen LogP contribution in [0.5, 0.6) is 5.75 Å². The normalized spacial score (nSPS) is 10.8. The maximum Gasteiger partial charge on any atom is 0.333 e. The third-order valence-corrected chi connectivity index (χ3v) is 3.20. The summed E-state index contributed by atoms with van der Waals surface area (Å²) < 4.78 is 19.9. The fourth-order valence-electron chi connectivity index (χ4n) is 2.25. The zero-order valence-corrected chi connectivity index (χ0v) is 11.1. The molecule has 0 fully saturated rings. The molecular formula is C15H11FN2O3. The highest BCUT2D eigenvalue weighted by Crippen LogP contribution is 2.20. The Morgan fingerprint density at radius 1 is 1.10 bits per heavy atom. The minimum absolute atomic E-state index is 0.163. The molecular weight excluding hydrogens is 275 g/mol. The molecule has 5 nitrogen and oxygen atoms in total. The molecule has 106 valence electrons. The second-order valence-electron chi connectivity index (χ2n) is 4.40. The maximum absolute atomic E-state index is 13.9. The van der Waals surface area contributed by atoms with E-state index in [2.05, 4.69) is 4.98 Å². The van der Waals surface area contributed by atoms with E-state index in [4.69, 9.17) is 4.74 Å². The first-order chi connectivity index (χ1) is 10.1. The summed E-state index contributed by atoms with van der Waals surface area (Å²) in [4.78, 5) is 27.2. The molecule has 0 unspecified atom stereocenters. The van der Waals surface area contributed by atoms with Crippen molar-refractivity contribution in [3.05, 3.63) is 69.1 Å². The zero-order valence-electron chi connectivity index (χ0n) is 11.1. The van der Waals surface area contributed by atoms with Crippen LogP contribution in [-0.4, -0.2) is 16.7 Å². The van der Waals surface area contributed by atoms with E-state index >= 15 is 0 Å². The molecule has 2 aromatic carbocycles. The summed E-state index contributed by atoms with van der Waals surface area (Å²) in [5, 5.41) is -0.164. The van der Waals surface area contributed by atoms with Gasteiger partial charge in [-0.15, -0.1) is 0 Å². The third kappa shape index (κ3) is 2.01. The van der Waals surface area contributed by atoms with E-state index in [1.54, 1.807) is 24.3 Å². The van der Waals surface area contributed by atoms with Gasteiger partial charge in [0.05, 0.1) is 23.7 Å². The highest BCUT2D eigenvalue weighted by Gasteiger charge is 2.15. The molecule has 0 radical (unpaired) electrons. The fourth-order valence-corrected chi connectivity index (χ4v) is 2.25. The van der Waals surface area contributed by atoms with Gasteiger partial charge in [0.1, 0.15) is 11.6 Å². The van der Waals surface area contributed by atoms with Gasteiger partial charge in [-0.25, -0.2) is 13.8 Å². The Labute approximate surface area is 118 Å². The van der Waals surface area contributed by atoms with Crippen molar-refractivity contribution in [1.29, 1.82) is 0 Å². The fraction of sp³-hybridized carbons (Fsp3) is 0.0667. The van der Waals surface area contributed by atoms with Crippen molar-refractivity contribution in [2.24, 2.45) is 0 Å². The number of aromatic amines is 1. The van der Waals surface area contributed by atoms with Crippen LogP contribution < -0.4 is 16.0 Å². The van der Waals surface area contributed by atoms with Gasteiger partial charge in [-0.05, 0) is 24.3 Å². The SMILES string of the molecule is COc1ccccc1-n1c(=O)[nH]c2cccc(F)c2c1=O. The molecule has 0 saturated carbocycles. The van der Waals surface area contributed by atoms with Gasteiger partial charge in [-0.3, -0.25) is 4.79 Å². The molecule has 0 saturated heterocycles. The number of rotatable bonds is 2. The first-order valence-electron chi connectivity index (χ1n) is 6.20. The van der Waals surface area contributed by atoms with Crippen molar-refractivity contribution in [2.45, 2.75) is 0 Å². The summed E-state index contributed by atoms with van der Waals surface area (Å²) in [5.74, 6) is -0.335. The molecule has 3 aromatic rings. The van der Waals surface area contributed by atoms with Crippen LogP contribution in [0.1, 0.15) is 0 Å². The van der Waals surface area contributed by atoms with Gasteiger partial charge in [0, 0.05) is 0 Å². The van der Waals surface area contributed by atoms with Gasteiger partial charge in [-0.1, -0.05) is 18.2 Å². The number of hydrogen-bond donors (Lipinski definition) is 1. The number of methoxy groups -OCH3 is 1. The van der Waals surface area contributed by atoms with Crippen LogP contribution in [0.3, 0.4) is 0 Å². The zero-order chi connectivity index (χ0) is 15.0. The molecule has 0 aliphatic heterocycles. The molecule has 3 rings (SSSR count). The van der Waals surface area contributed by atoms with Crippen molar-refractivity contribution in [3.63, 3.8) is 0 Å². The average Bonchev–Trinajstić information content (AvgIpc) is 2.47. The van der Waals surface area contributed by atoms with Gasteiger partial charge in [0.2, 0.25) is 0 Å². The van der Waals surface area contributed by atoms with Crippen LogP contribution >= 0.6 is 0 Å². The largest absolute Gasteiger partial charge is 0.495 e. The standard InChI is InChI=1S/C15H11FN2O3/c1-21-12-8-3-2-7-11(12)18-14(19)13-9(16)5-4-6-10(13)17-15(18)20/h2-8H,1H3,(H,17,20). The van der Waals surface area contributed by atoms with Crippen LogP contribution in [0.15, 0.2) is 52.1 Å². The van der Waals surface area contributed by atoms with Crippen molar-refractivity contribution in [3.8, 4) is 11.4 Å². The smallest absolute Gasteiger partial charge is 0.333 e. The van der Waals surface area contributed by atoms with E-state index in [-0.39, 0.29) is 16.6 Å². The summed E-state index contributed by atoms with van der Waals surface area (Å²) in [7, 11) is 1.43. The lowest BCUT2D eigenvalue weighted by atomic mass is 10.2. The Kier molecular flexibility index (Phi) is 3.06. The Balaban J connectivity index is 2.47. The van der Waals surface area contributed by atoms with E-state index in [0.717, 1.165) is 4.57 Å². The van der Waals surface area contributed by atoms with Gasteiger partial charge < -0.3 is 9.72 Å². The number of hydrogen-bond acceptors (Lipinski definition) is 3. The Morgan fingerprint density at radius 2 is 1.86 bits per heavy atom. The van der Waals surface area contributed by atoms with E-state index in [1.807, 2.05) is 0 Å². The summed E-state index contributed by atoms with van der Waals surface area (Å²) >= 11 is 0. The van der Waals surface area contributed by atoms with Gasteiger partial charge in [0.25, 0.3) is 5.56 Å². The van der Waals surface area contributed by atoms with Crippen LogP contribution in [0.2, 0.25) is 0 Å². The monoisotopic (exact) mass is 286 g/mol. The molecule has 1 aromatic heterocycles. The minimum Gasteiger partial charge on any atom is -0.495 e. The number of aromatic nitrogens is 2. The number of H-pyrrole nitrogens is 1. The summed E-state index contributed by atoms with van der Waals surface area (Å²) in [5.41, 5.74) is -0.952. The summed E-state index contributed by atoms with van der Waals surface area (Å²) in [6, 6.07) is 10.6. The van der Waals surface area contributed by atoms with E-state index in [0.29, 0.717) is 5.75 Å². The number of nitrogens with one attached hydrogen (secondary N) is 1. The average molecular weight is 286 g/mol. The lowest BCUT2D eigenvalue weighted by molar-refractivity contribution is 0.412. The quantitative estimate of drug-likeness (QED) is 0.781. The Bertz CT molecular complexity index is 944. The molecule has 21 heavy (non-hydrogen) atoms. The molecule has 0 amide bonds. The van der Waals surface area contributed by atoms with Crippen molar-refractivity contribution in [2.75, 3.05) is 7.11 Å². The topological polar surface area (TPSA) is 64.1 Å². The highest BCUT2D eigenvalue weighted by atomic mass is 19.1. The van der Waals surface area contributed by atoms with Gasteiger partial charge in [-0.2, -0.15) is 0 Å². The van der Waals surface area contributed by atoms with Crippen molar-refractivity contribution in [1.82, 2.24) is 9.55 Å². The van der Waals surface area contributed by atoms with Crippen molar-refractivity contribution < 1.29 is 9.13 Å².